The number of hydrogen-bond acceptors (Lipinski definition) is 9. The number of hydrogen-bond donors (Lipinski definition) is 1. The number of carbonyl (C=O) groups excluding carboxylic acids is 1. The van der Waals surface area contributed by atoms with Crippen LogP contribution < -0.4 is 20.1 Å². The van der Waals surface area contributed by atoms with E-state index in [0.717, 1.165) is 84.9 Å². The first-order chi connectivity index (χ1) is 17.1. The fourth-order valence-corrected chi connectivity index (χ4v) is 5.92. The Morgan fingerprint density at radius 2 is 1.86 bits per heavy atom. The molecule has 6 rings (SSSR count). The Bertz CT molecular complexity index is 1270. The number of benzene rings is 1. The zero-order valence-corrected chi connectivity index (χ0v) is 20.6. The van der Waals surface area contributed by atoms with Crippen LogP contribution in [0.1, 0.15) is 26.2 Å². The Kier molecular flexibility index (Phi) is 5.79. The minimum Gasteiger partial charge on any atom is -0.486 e. The summed E-state index contributed by atoms with van der Waals surface area (Å²) in [7, 11) is 0. The summed E-state index contributed by atoms with van der Waals surface area (Å²) in [6.45, 7) is 7.27. The third-order valence-corrected chi connectivity index (χ3v) is 8.00. The van der Waals surface area contributed by atoms with Crippen molar-refractivity contribution >= 4 is 40.3 Å². The van der Waals surface area contributed by atoms with Gasteiger partial charge in [0.25, 0.3) is 0 Å². The predicted octanol–water partition coefficient (Wildman–Crippen LogP) is 2.80. The van der Waals surface area contributed by atoms with E-state index in [1.165, 1.54) is 6.33 Å². The Hall–Kier alpha value is -3.21. The SMILES string of the molecule is CC(=O)N1CCC(CCn2c(Sc3cc4c(cc3N3CC3)OCCO4)nc3c(N)ncnc32)CC1. The van der Waals surface area contributed by atoms with Gasteiger partial charge in [-0.05, 0) is 36.9 Å². The van der Waals surface area contributed by atoms with Gasteiger partial charge in [-0.15, -0.1) is 0 Å². The molecule has 3 aromatic rings. The summed E-state index contributed by atoms with van der Waals surface area (Å²) in [6, 6.07) is 4.14. The summed E-state index contributed by atoms with van der Waals surface area (Å²) in [6.07, 6.45) is 4.54. The van der Waals surface area contributed by atoms with Gasteiger partial charge < -0.3 is 29.6 Å². The van der Waals surface area contributed by atoms with Gasteiger partial charge in [-0.25, -0.2) is 15.0 Å². The van der Waals surface area contributed by atoms with Crippen LogP contribution in [0.3, 0.4) is 0 Å². The highest BCUT2D eigenvalue weighted by atomic mass is 32.2. The molecular formula is C24H29N7O3S. The van der Waals surface area contributed by atoms with E-state index in [4.69, 9.17) is 20.2 Å². The Labute approximate surface area is 207 Å². The number of rotatable bonds is 6. The summed E-state index contributed by atoms with van der Waals surface area (Å²) in [5, 5.41) is 0.841. The van der Waals surface area contributed by atoms with Crippen LogP contribution >= 0.6 is 11.8 Å². The molecule has 35 heavy (non-hydrogen) atoms. The summed E-state index contributed by atoms with van der Waals surface area (Å²) >= 11 is 1.61. The predicted molar refractivity (Wildman–Crippen MR) is 133 cm³/mol. The molecule has 11 heteroatoms. The van der Waals surface area contributed by atoms with Gasteiger partial charge in [0.1, 0.15) is 19.5 Å². The molecule has 2 saturated heterocycles. The van der Waals surface area contributed by atoms with Crippen LogP contribution in [0.2, 0.25) is 0 Å². The number of anilines is 2. The Balaban J connectivity index is 1.29. The van der Waals surface area contributed by atoms with E-state index in [1.807, 2.05) is 4.90 Å². The highest BCUT2D eigenvalue weighted by Gasteiger charge is 2.28. The number of nitrogen functional groups attached to an aromatic ring is 1. The molecule has 2 N–H and O–H groups in total. The molecule has 0 radical (unpaired) electrons. The lowest BCUT2D eigenvalue weighted by Crippen LogP contribution is -2.37. The van der Waals surface area contributed by atoms with Crippen molar-refractivity contribution in [3.8, 4) is 11.5 Å². The lowest BCUT2D eigenvalue weighted by atomic mass is 9.93. The fourth-order valence-electron chi connectivity index (χ4n) is 4.84. The van der Waals surface area contributed by atoms with E-state index < -0.39 is 0 Å². The number of nitrogens with zero attached hydrogens (tertiary/aromatic N) is 6. The van der Waals surface area contributed by atoms with E-state index in [9.17, 15) is 4.79 Å². The standard InChI is InChI=1S/C24H29N7O3S/c1-15(32)29-5-2-16(3-6-29)4-7-31-23-21(22(25)26-14-27-23)28-24(31)35-20-13-19-18(33-10-11-34-19)12-17(20)30-8-9-30/h12-14,16H,2-11H2,1H3,(H2,25,26,27). The van der Waals surface area contributed by atoms with Gasteiger partial charge in [0, 0.05) is 56.7 Å². The van der Waals surface area contributed by atoms with E-state index in [1.54, 1.807) is 18.7 Å². The molecule has 0 aliphatic carbocycles. The summed E-state index contributed by atoms with van der Waals surface area (Å²) in [5.41, 5.74) is 8.70. The van der Waals surface area contributed by atoms with Gasteiger partial charge in [0.15, 0.2) is 33.6 Å². The van der Waals surface area contributed by atoms with Crippen molar-refractivity contribution in [2.75, 3.05) is 50.0 Å². The van der Waals surface area contributed by atoms with Crippen molar-refractivity contribution in [2.24, 2.45) is 5.92 Å². The molecule has 0 spiro atoms. The molecule has 2 aromatic heterocycles. The van der Waals surface area contributed by atoms with Gasteiger partial charge in [-0.3, -0.25) is 4.79 Å². The normalized spacial score (nSPS) is 17.7. The second-order valence-electron chi connectivity index (χ2n) is 9.27. The van der Waals surface area contributed by atoms with Crippen molar-refractivity contribution < 1.29 is 14.3 Å². The van der Waals surface area contributed by atoms with Gasteiger partial charge in [-0.2, -0.15) is 0 Å². The number of nitrogens with two attached hydrogens (primary N) is 1. The molecular weight excluding hydrogens is 466 g/mol. The number of ether oxygens (including phenoxy) is 2. The minimum absolute atomic E-state index is 0.163. The summed E-state index contributed by atoms with van der Waals surface area (Å²) in [4.78, 5) is 30.6. The molecule has 2 fully saturated rings. The van der Waals surface area contributed by atoms with E-state index >= 15 is 0 Å². The number of likely N-dealkylation sites (tertiary alicyclic amines) is 1. The third kappa shape index (κ3) is 4.44. The minimum atomic E-state index is 0.163. The first kappa shape index (κ1) is 22.3. The van der Waals surface area contributed by atoms with Gasteiger partial charge in [-0.1, -0.05) is 0 Å². The smallest absolute Gasteiger partial charge is 0.219 e. The first-order valence-electron chi connectivity index (χ1n) is 12.2. The molecule has 0 saturated carbocycles. The van der Waals surface area contributed by atoms with Crippen LogP contribution in [-0.4, -0.2) is 69.7 Å². The molecule has 3 aliphatic rings. The van der Waals surface area contributed by atoms with Crippen LogP contribution in [0.15, 0.2) is 28.5 Å². The number of fused-ring (bicyclic) bond motifs is 2. The first-order valence-corrected chi connectivity index (χ1v) is 13.0. The summed E-state index contributed by atoms with van der Waals surface area (Å²) < 4.78 is 13.8. The number of carbonyl (C=O) groups is 1. The van der Waals surface area contributed by atoms with E-state index in [2.05, 4.69) is 31.6 Å². The maximum Gasteiger partial charge on any atom is 0.219 e. The molecule has 0 bridgehead atoms. The monoisotopic (exact) mass is 495 g/mol. The van der Waals surface area contributed by atoms with Crippen LogP contribution in [0.5, 0.6) is 11.5 Å². The van der Waals surface area contributed by atoms with Crippen LogP contribution in [-0.2, 0) is 11.3 Å². The van der Waals surface area contributed by atoms with Crippen molar-refractivity contribution in [1.82, 2.24) is 24.4 Å². The van der Waals surface area contributed by atoms with E-state index in [0.29, 0.717) is 30.5 Å². The van der Waals surface area contributed by atoms with Gasteiger partial charge in [0.05, 0.1) is 5.69 Å². The number of piperidine rings is 1. The lowest BCUT2D eigenvalue weighted by Gasteiger charge is -2.31. The quantitative estimate of drug-likeness (QED) is 0.516. The number of aryl methyl sites for hydroxylation is 1. The number of aromatic nitrogens is 4. The topological polar surface area (TPSA) is 111 Å². The second-order valence-corrected chi connectivity index (χ2v) is 10.3. The van der Waals surface area contributed by atoms with Crippen molar-refractivity contribution in [2.45, 2.75) is 42.8 Å². The van der Waals surface area contributed by atoms with Crippen molar-refractivity contribution in [3.05, 3.63) is 18.5 Å². The van der Waals surface area contributed by atoms with Crippen molar-refractivity contribution in [1.29, 1.82) is 0 Å². The molecule has 1 amide bonds. The molecule has 1 aromatic carbocycles. The van der Waals surface area contributed by atoms with Gasteiger partial charge in [0.2, 0.25) is 5.91 Å². The zero-order valence-electron chi connectivity index (χ0n) is 19.8. The zero-order chi connectivity index (χ0) is 23.9. The molecule has 0 atom stereocenters. The molecule has 10 nitrogen and oxygen atoms in total. The molecule has 3 aliphatic heterocycles. The Morgan fingerprint density at radius 1 is 1.11 bits per heavy atom. The van der Waals surface area contributed by atoms with Crippen LogP contribution in [0, 0.1) is 5.92 Å². The molecule has 0 unspecified atom stereocenters. The Morgan fingerprint density at radius 3 is 2.57 bits per heavy atom. The average Bonchev–Trinajstić information content (AvgIpc) is 3.65. The lowest BCUT2D eigenvalue weighted by molar-refractivity contribution is -0.130. The average molecular weight is 496 g/mol. The highest BCUT2D eigenvalue weighted by molar-refractivity contribution is 7.99. The fraction of sp³-hybridized carbons (Fsp3) is 0.500. The maximum absolute atomic E-state index is 11.7. The number of imidazole rings is 1. The molecule has 5 heterocycles. The summed E-state index contributed by atoms with van der Waals surface area (Å²) in [5.74, 6) is 2.67. The molecule has 184 valence electrons. The number of amides is 1. The second kappa shape index (κ2) is 9.10. The van der Waals surface area contributed by atoms with Crippen LogP contribution in [0.4, 0.5) is 11.5 Å². The highest BCUT2D eigenvalue weighted by Crippen LogP contribution is 2.45. The van der Waals surface area contributed by atoms with E-state index in [-0.39, 0.29) is 5.91 Å². The largest absolute Gasteiger partial charge is 0.486 e. The maximum atomic E-state index is 11.7. The van der Waals surface area contributed by atoms with Gasteiger partial charge >= 0.3 is 0 Å². The third-order valence-electron chi connectivity index (χ3n) is 6.96. The van der Waals surface area contributed by atoms with Crippen molar-refractivity contribution in [3.63, 3.8) is 0 Å². The van der Waals surface area contributed by atoms with Crippen LogP contribution in [0.25, 0.3) is 11.2 Å².